The van der Waals surface area contributed by atoms with Crippen LogP contribution in [0.25, 0.3) is 22.3 Å². The van der Waals surface area contributed by atoms with Crippen molar-refractivity contribution in [2.24, 2.45) is 0 Å². The molecule has 4 amide bonds. The second-order valence-corrected chi connectivity index (χ2v) is 15.8. The van der Waals surface area contributed by atoms with Gasteiger partial charge in [0.15, 0.2) is 0 Å². The molecule has 0 bridgehead atoms. The summed E-state index contributed by atoms with van der Waals surface area (Å²) < 4.78 is 37.4. The van der Waals surface area contributed by atoms with Gasteiger partial charge in [0, 0.05) is 55.4 Å². The second kappa shape index (κ2) is 16.2. The van der Waals surface area contributed by atoms with Crippen molar-refractivity contribution >= 4 is 46.4 Å². The third-order valence-electron chi connectivity index (χ3n) is 10.7. The number of carbonyl (C=O) groups excluding carboxylic acids is 4. The van der Waals surface area contributed by atoms with Crippen molar-refractivity contribution in [3.8, 4) is 22.3 Å². The number of nitrogens with zero attached hydrogens (tertiary/aromatic N) is 8. The molecular formula is C45H41F3N10O4. The minimum atomic E-state index is -4.54. The molecule has 316 valence electrons. The Balaban J connectivity index is 0.000000188. The summed E-state index contributed by atoms with van der Waals surface area (Å²) in [7, 11) is 1.56. The van der Waals surface area contributed by atoms with E-state index >= 15 is 0 Å². The molecule has 0 saturated carbocycles. The number of benzene rings is 2. The molecule has 62 heavy (non-hydrogen) atoms. The number of halogens is 3. The monoisotopic (exact) mass is 842 g/mol. The second-order valence-electron chi connectivity index (χ2n) is 15.8. The molecular weight excluding hydrogens is 802 g/mol. The lowest BCUT2D eigenvalue weighted by molar-refractivity contribution is -0.123. The number of pyridine rings is 2. The highest BCUT2D eigenvalue weighted by Crippen LogP contribution is 2.48. The zero-order valence-corrected chi connectivity index (χ0v) is 34.8. The number of anilines is 4. The number of hydrogen-bond acceptors (Lipinski definition) is 10. The van der Waals surface area contributed by atoms with Gasteiger partial charge >= 0.3 is 6.18 Å². The Kier molecular flexibility index (Phi) is 11.2. The van der Waals surface area contributed by atoms with Gasteiger partial charge in [0.05, 0.1) is 57.1 Å². The Morgan fingerprint density at radius 1 is 0.597 bits per heavy atom. The summed E-state index contributed by atoms with van der Waals surface area (Å²) in [6.45, 7) is 9.53. The molecule has 0 aliphatic carbocycles. The Hall–Kier alpha value is -7.43. The third-order valence-corrected chi connectivity index (χ3v) is 10.7. The number of nitrogens with one attached hydrogen (secondary N) is 2. The quantitative estimate of drug-likeness (QED) is 0.166. The highest BCUT2D eigenvalue weighted by molar-refractivity contribution is 6.14. The van der Waals surface area contributed by atoms with Crippen LogP contribution in [0.2, 0.25) is 0 Å². The summed E-state index contributed by atoms with van der Waals surface area (Å²) in [6.07, 6.45) is 7.99. The largest absolute Gasteiger partial charge is 0.405 e. The van der Waals surface area contributed by atoms with Crippen LogP contribution in [0.1, 0.15) is 71.2 Å². The van der Waals surface area contributed by atoms with Gasteiger partial charge in [-0.2, -0.15) is 13.2 Å². The van der Waals surface area contributed by atoms with Gasteiger partial charge in [-0.15, -0.1) is 0 Å². The van der Waals surface area contributed by atoms with Crippen molar-refractivity contribution in [1.82, 2.24) is 40.5 Å². The minimum Gasteiger partial charge on any atom is -0.355 e. The summed E-state index contributed by atoms with van der Waals surface area (Å²) in [5.74, 6) is -0.172. The molecule has 2 N–H and O–H groups in total. The zero-order chi connectivity index (χ0) is 44.7. The average molecular weight is 843 g/mol. The summed E-state index contributed by atoms with van der Waals surface area (Å²) in [6, 6.07) is 14.5. The Morgan fingerprint density at radius 3 is 1.39 bits per heavy atom. The SMILES string of the molecule is CNC(=O)c1cncc(N2C(=O)C(C)(C)c3ccc(-c4cnc(C)nc4)cc32)c1.Cc1ncc(-c2ccc3c(c2)N(c2cncc(C(=O)NCC(F)(F)F)c2)C(=O)C3(C)C)cn1. The number of amides is 4. The molecule has 8 rings (SSSR count). The maximum absolute atomic E-state index is 13.3. The van der Waals surface area contributed by atoms with Crippen LogP contribution in [-0.4, -0.2) is 73.3 Å². The van der Waals surface area contributed by atoms with E-state index in [9.17, 15) is 32.3 Å². The summed E-state index contributed by atoms with van der Waals surface area (Å²) in [5, 5.41) is 4.40. The maximum atomic E-state index is 13.3. The summed E-state index contributed by atoms with van der Waals surface area (Å²) in [5.41, 5.74) is 5.99. The topological polar surface area (TPSA) is 176 Å². The number of aromatic nitrogens is 6. The molecule has 0 atom stereocenters. The predicted octanol–water partition coefficient (Wildman–Crippen LogP) is 7.26. The smallest absolute Gasteiger partial charge is 0.355 e. The first-order chi connectivity index (χ1) is 29.3. The number of fused-ring (bicyclic) bond motifs is 2. The van der Waals surface area contributed by atoms with Crippen LogP contribution < -0.4 is 20.4 Å². The number of carbonyl (C=O) groups is 4. The number of aryl methyl sites for hydroxylation is 2. The predicted molar refractivity (Wildman–Crippen MR) is 225 cm³/mol. The zero-order valence-electron chi connectivity index (χ0n) is 34.8. The molecule has 2 aliphatic heterocycles. The van der Waals surface area contributed by atoms with E-state index in [4.69, 9.17) is 0 Å². The summed E-state index contributed by atoms with van der Waals surface area (Å²) >= 11 is 0. The van der Waals surface area contributed by atoms with Gasteiger partial charge in [-0.25, -0.2) is 19.9 Å². The van der Waals surface area contributed by atoms with Crippen LogP contribution in [-0.2, 0) is 20.4 Å². The fraction of sp³-hybridized carbons (Fsp3) is 0.244. The molecule has 4 aromatic heterocycles. The van der Waals surface area contributed by atoms with E-state index < -0.39 is 29.5 Å². The molecule has 0 fully saturated rings. The van der Waals surface area contributed by atoms with E-state index in [1.807, 2.05) is 62.5 Å². The van der Waals surface area contributed by atoms with Gasteiger partial charge in [0.25, 0.3) is 11.8 Å². The van der Waals surface area contributed by atoms with Crippen LogP contribution in [0, 0.1) is 13.8 Å². The van der Waals surface area contributed by atoms with Gasteiger partial charge in [0.1, 0.15) is 18.2 Å². The van der Waals surface area contributed by atoms with Crippen molar-refractivity contribution in [3.63, 3.8) is 0 Å². The van der Waals surface area contributed by atoms with E-state index in [1.54, 1.807) is 69.8 Å². The lowest BCUT2D eigenvalue weighted by Crippen LogP contribution is -2.34. The first-order valence-corrected chi connectivity index (χ1v) is 19.3. The van der Waals surface area contributed by atoms with Crippen molar-refractivity contribution in [2.75, 3.05) is 23.4 Å². The molecule has 0 unspecified atom stereocenters. The van der Waals surface area contributed by atoms with Crippen LogP contribution in [0.4, 0.5) is 35.9 Å². The highest BCUT2D eigenvalue weighted by Gasteiger charge is 2.46. The lowest BCUT2D eigenvalue weighted by Gasteiger charge is -2.21. The fourth-order valence-corrected chi connectivity index (χ4v) is 7.23. The standard InChI is InChI=1S/C23H20F3N5O2.C22H21N5O2/c1-13-28-9-16(10-29-13)14-4-5-18-19(7-14)31(21(33)22(18,2)3)17-6-15(8-27-11-17)20(32)30-12-23(24,25)26;1-13-25-10-16(11-26-13)14-5-6-18-19(8-14)27(21(29)22(18,2)3)17-7-15(9-24-12-17)20(28)23-4/h4-11H,12H2,1-3H3,(H,30,32);5-12H,1-4H3,(H,23,28). The van der Waals surface area contributed by atoms with Crippen LogP contribution in [0.5, 0.6) is 0 Å². The Labute approximate surface area is 354 Å². The lowest BCUT2D eigenvalue weighted by atomic mass is 9.85. The molecule has 0 saturated heterocycles. The van der Waals surface area contributed by atoms with Gasteiger partial charge in [-0.05, 0) is 88.1 Å². The van der Waals surface area contributed by atoms with Gasteiger partial charge < -0.3 is 10.6 Å². The van der Waals surface area contributed by atoms with Crippen LogP contribution in [0.15, 0.2) is 98.1 Å². The number of rotatable bonds is 7. The molecule has 0 spiro atoms. The van der Waals surface area contributed by atoms with E-state index in [0.717, 1.165) is 45.3 Å². The third kappa shape index (κ3) is 8.20. The van der Waals surface area contributed by atoms with Crippen molar-refractivity contribution in [3.05, 3.63) is 132 Å². The molecule has 0 radical (unpaired) electrons. The minimum absolute atomic E-state index is 0.0688. The highest BCUT2D eigenvalue weighted by atomic mass is 19.4. The molecule has 2 aliphatic rings. The van der Waals surface area contributed by atoms with E-state index in [2.05, 4.69) is 35.2 Å². The summed E-state index contributed by atoms with van der Waals surface area (Å²) in [4.78, 5) is 79.0. The Bertz CT molecular complexity index is 2740. The molecule has 6 aromatic rings. The first-order valence-electron chi connectivity index (χ1n) is 19.3. The average Bonchev–Trinajstić information content (AvgIpc) is 3.58. The molecule has 2 aromatic carbocycles. The fourth-order valence-electron chi connectivity index (χ4n) is 7.23. The number of hydrogen-bond donors (Lipinski definition) is 2. The van der Waals surface area contributed by atoms with Crippen molar-refractivity contribution in [2.45, 2.75) is 58.5 Å². The van der Waals surface area contributed by atoms with Gasteiger partial charge in [-0.1, -0.05) is 24.3 Å². The van der Waals surface area contributed by atoms with Gasteiger partial charge in [-0.3, -0.25) is 38.9 Å². The van der Waals surface area contributed by atoms with Crippen LogP contribution in [0.3, 0.4) is 0 Å². The van der Waals surface area contributed by atoms with Crippen LogP contribution >= 0.6 is 0 Å². The molecule has 17 heteroatoms. The van der Waals surface area contributed by atoms with E-state index in [1.165, 1.54) is 23.4 Å². The normalized spacial score (nSPS) is 14.7. The maximum Gasteiger partial charge on any atom is 0.405 e. The Morgan fingerprint density at radius 2 is 1.00 bits per heavy atom. The first kappa shape index (κ1) is 42.7. The number of alkyl halides is 3. The molecule has 6 heterocycles. The van der Waals surface area contributed by atoms with Crippen molar-refractivity contribution < 1.29 is 32.3 Å². The van der Waals surface area contributed by atoms with E-state index in [0.29, 0.717) is 28.6 Å². The molecule has 14 nitrogen and oxygen atoms in total. The van der Waals surface area contributed by atoms with Gasteiger partial charge in [0.2, 0.25) is 11.8 Å². The van der Waals surface area contributed by atoms with Crippen molar-refractivity contribution in [1.29, 1.82) is 0 Å². The van der Waals surface area contributed by atoms with E-state index in [-0.39, 0.29) is 29.0 Å².